The van der Waals surface area contributed by atoms with Crippen LogP contribution in [0.1, 0.15) is 31.4 Å². The van der Waals surface area contributed by atoms with Gasteiger partial charge in [0.1, 0.15) is 28.9 Å². The summed E-state index contributed by atoms with van der Waals surface area (Å²) in [5.41, 5.74) is 5.07. The Balaban J connectivity index is 1.18. The summed E-state index contributed by atoms with van der Waals surface area (Å²) >= 11 is 4.01. The van der Waals surface area contributed by atoms with Crippen LogP contribution in [0.25, 0.3) is 10.1 Å². The summed E-state index contributed by atoms with van der Waals surface area (Å²) in [6, 6.07) is 0.733. The second kappa shape index (κ2) is 13.1. The minimum absolute atomic E-state index is 0.139. The standard InChI is InChI=1S/C28H22F3N5O6S4/c29-14-7-13-16(37)8-17(46-23(13)19(31)18(14)30)43-6-5-11-9-44-26-21(25(39)36(26)22(11)27(40)41)34-24(38)20(15-10-45-28(32)33-15)35-42-12-3-1-2-4-12/h5-8,10,12,21,26H,1-4,9H2,(H2,32,33)(H,34,38)(H,40,41)/b6-5+,35-20-/t21?,26-/m1/s1. The van der Waals surface area contributed by atoms with Crippen LogP contribution in [0, 0.1) is 17.5 Å². The van der Waals surface area contributed by atoms with Crippen LogP contribution in [0.5, 0.6) is 0 Å². The summed E-state index contributed by atoms with van der Waals surface area (Å²) in [7, 11) is 0. The lowest BCUT2D eigenvalue weighted by molar-refractivity contribution is -0.150. The average molecular weight is 710 g/mol. The summed E-state index contributed by atoms with van der Waals surface area (Å²) in [6.45, 7) is 0. The second-order valence-corrected chi connectivity index (χ2v) is 14.5. The van der Waals surface area contributed by atoms with Gasteiger partial charge in [0.2, 0.25) is 0 Å². The van der Waals surface area contributed by atoms with Crippen LogP contribution in [-0.2, 0) is 19.2 Å². The molecule has 1 saturated heterocycles. The fourth-order valence-electron chi connectivity index (χ4n) is 5.12. The zero-order valence-corrected chi connectivity index (χ0v) is 26.6. The van der Waals surface area contributed by atoms with E-state index in [4.69, 9.17) is 10.6 Å². The molecule has 46 heavy (non-hydrogen) atoms. The Labute approximate surface area is 274 Å². The predicted molar refractivity (Wildman–Crippen MR) is 169 cm³/mol. The van der Waals surface area contributed by atoms with Crippen molar-refractivity contribution < 1.29 is 37.5 Å². The highest BCUT2D eigenvalue weighted by Gasteiger charge is 2.54. The van der Waals surface area contributed by atoms with Crippen molar-refractivity contribution in [1.29, 1.82) is 0 Å². The highest BCUT2D eigenvalue weighted by molar-refractivity contribution is 8.04. The number of hydrogen-bond donors (Lipinski definition) is 3. The molecule has 0 spiro atoms. The normalized spacial score (nSPS) is 20.4. The molecule has 6 rings (SSSR count). The molecule has 2 aromatic heterocycles. The Hall–Kier alpha value is -3.87. The smallest absolute Gasteiger partial charge is 0.352 e. The van der Waals surface area contributed by atoms with Gasteiger partial charge in [0, 0.05) is 22.6 Å². The number of carboxylic acids is 1. The molecule has 4 N–H and O–H groups in total. The molecule has 2 amide bonds. The van der Waals surface area contributed by atoms with Crippen molar-refractivity contribution in [1.82, 2.24) is 15.2 Å². The van der Waals surface area contributed by atoms with Crippen LogP contribution in [0.4, 0.5) is 18.3 Å². The maximum absolute atomic E-state index is 14.3. The van der Waals surface area contributed by atoms with Gasteiger partial charge in [-0.3, -0.25) is 19.3 Å². The van der Waals surface area contributed by atoms with E-state index in [0.29, 0.717) is 6.07 Å². The lowest BCUT2D eigenvalue weighted by atomic mass is 10.0. The summed E-state index contributed by atoms with van der Waals surface area (Å²) < 4.78 is 41.5. The molecule has 11 nitrogen and oxygen atoms in total. The lowest BCUT2D eigenvalue weighted by Crippen LogP contribution is -2.71. The Morgan fingerprint density at radius 1 is 1.20 bits per heavy atom. The zero-order chi connectivity index (χ0) is 32.7. The summed E-state index contributed by atoms with van der Waals surface area (Å²) in [5, 5.41) is 18.9. The van der Waals surface area contributed by atoms with Gasteiger partial charge < -0.3 is 21.0 Å². The van der Waals surface area contributed by atoms with Crippen LogP contribution in [0.2, 0.25) is 0 Å². The number of benzene rings is 1. The lowest BCUT2D eigenvalue weighted by Gasteiger charge is -2.49. The number of fused-ring (bicyclic) bond motifs is 2. The van der Waals surface area contributed by atoms with Crippen LogP contribution in [-0.4, -0.2) is 61.8 Å². The van der Waals surface area contributed by atoms with Gasteiger partial charge in [0.25, 0.3) is 11.8 Å². The van der Waals surface area contributed by atoms with Gasteiger partial charge in [-0.15, -0.1) is 34.4 Å². The summed E-state index contributed by atoms with van der Waals surface area (Å²) in [6.07, 6.45) is 4.88. The minimum atomic E-state index is -1.69. The minimum Gasteiger partial charge on any atom is -0.477 e. The Morgan fingerprint density at radius 3 is 2.65 bits per heavy atom. The number of rotatable bonds is 9. The van der Waals surface area contributed by atoms with Crippen LogP contribution in [0.3, 0.4) is 0 Å². The number of amides is 2. The van der Waals surface area contributed by atoms with Crippen molar-refractivity contribution >= 4 is 84.9 Å². The molecule has 1 unspecified atom stereocenters. The SMILES string of the molecule is Nc1nc(/C(=N/OC2CCCC2)C(=O)NC2C(=O)N3C(C(=O)O)=C(/C=C/Sc4cc(=O)c5cc(F)c(F)c(F)c5s4)CS[C@H]23)cs1. The van der Waals surface area contributed by atoms with Gasteiger partial charge in [-0.2, -0.15) is 0 Å². The Kier molecular flexibility index (Phi) is 9.13. The number of anilines is 1. The number of thioether (sulfide) groups is 2. The van der Waals surface area contributed by atoms with Gasteiger partial charge in [-0.25, -0.2) is 22.9 Å². The molecule has 1 saturated carbocycles. The molecule has 1 aliphatic carbocycles. The third kappa shape index (κ3) is 6.13. The first-order valence-corrected chi connectivity index (χ1v) is 17.3. The van der Waals surface area contributed by atoms with Gasteiger partial charge in [-0.05, 0) is 48.8 Å². The third-order valence-corrected chi connectivity index (χ3v) is 11.4. The highest BCUT2D eigenvalue weighted by Crippen LogP contribution is 2.41. The van der Waals surface area contributed by atoms with Crippen molar-refractivity contribution in [3.63, 3.8) is 0 Å². The van der Waals surface area contributed by atoms with Crippen molar-refractivity contribution in [3.05, 3.63) is 73.6 Å². The van der Waals surface area contributed by atoms with Gasteiger partial charge in [0.05, 0.1) is 8.91 Å². The van der Waals surface area contributed by atoms with E-state index in [0.717, 1.165) is 71.1 Å². The Bertz CT molecular complexity index is 1920. The monoisotopic (exact) mass is 709 g/mol. The van der Waals surface area contributed by atoms with Gasteiger partial charge in [-0.1, -0.05) is 16.9 Å². The number of β-lactam (4-membered cyclic amide) rings is 1. The molecular formula is C28H22F3N5O6S4. The summed E-state index contributed by atoms with van der Waals surface area (Å²) in [4.78, 5) is 61.9. The fraction of sp³-hybridized carbons (Fsp3) is 0.286. The van der Waals surface area contributed by atoms with Crippen molar-refractivity contribution in [2.45, 2.75) is 47.4 Å². The number of nitrogens with one attached hydrogen (secondary N) is 1. The average Bonchev–Trinajstić information content (AvgIpc) is 3.71. The number of carbonyl (C=O) groups excluding carboxylic acids is 2. The number of hydrogen-bond acceptors (Lipinski definition) is 12. The molecule has 18 heteroatoms. The van der Waals surface area contributed by atoms with E-state index >= 15 is 0 Å². The van der Waals surface area contributed by atoms with E-state index in [-0.39, 0.29) is 54.0 Å². The maximum atomic E-state index is 14.3. The van der Waals surface area contributed by atoms with E-state index in [1.165, 1.54) is 23.2 Å². The molecule has 2 fully saturated rings. The van der Waals surface area contributed by atoms with Crippen molar-refractivity contribution in [3.8, 4) is 0 Å². The molecule has 4 heterocycles. The first-order valence-electron chi connectivity index (χ1n) is 13.6. The van der Waals surface area contributed by atoms with Crippen LogP contribution >= 0.6 is 46.2 Å². The number of aliphatic carboxylic acids is 1. The van der Waals surface area contributed by atoms with E-state index in [9.17, 15) is 37.5 Å². The maximum Gasteiger partial charge on any atom is 0.352 e. The first-order chi connectivity index (χ1) is 22.0. The topological polar surface area (TPSA) is 164 Å². The van der Waals surface area contributed by atoms with E-state index < -0.39 is 52.1 Å². The number of halogens is 3. The molecule has 1 aromatic carbocycles. The third-order valence-electron chi connectivity index (χ3n) is 7.35. The van der Waals surface area contributed by atoms with Gasteiger partial charge >= 0.3 is 5.97 Å². The number of carboxylic acid groups (broad SMARTS) is 1. The number of aromatic nitrogens is 1. The number of carbonyl (C=O) groups is 3. The number of nitrogens with zero attached hydrogens (tertiary/aromatic N) is 3. The quantitative estimate of drug-likeness (QED) is 0.0953. The molecule has 2 aliphatic heterocycles. The van der Waals surface area contributed by atoms with E-state index in [1.807, 2.05) is 0 Å². The highest BCUT2D eigenvalue weighted by atomic mass is 32.2. The van der Waals surface area contributed by atoms with E-state index in [2.05, 4.69) is 15.5 Å². The van der Waals surface area contributed by atoms with Crippen LogP contribution < -0.4 is 16.5 Å². The largest absolute Gasteiger partial charge is 0.477 e. The zero-order valence-electron chi connectivity index (χ0n) is 23.3. The molecular weight excluding hydrogens is 688 g/mol. The molecule has 240 valence electrons. The number of thiazole rings is 1. The number of nitrogens with two attached hydrogens (primary N) is 1. The second-order valence-electron chi connectivity index (χ2n) is 10.3. The van der Waals surface area contributed by atoms with Crippen molar-refractivity contribution in [2.24, 2.45) is 5.16 Å². The molecule has 2 atom stereocenters. The predicted octanol–water partition coefficient (Wildman–Crippen LogP) is 4.43. The van der Waals surface area contributed by atoms with Crippen LogP contribution in [0.15, 0.2) is 54.4 Å². The van der Waals surface area contributed by atoms with E-state index in [1.54, 1.807) is 5.38 Å². The molecule has 3 aliphatic rings. The number of oxime groups is 1. The number of allylic oxidation sites excluding steroid dienone is 1. The van der Waals surface area contributed by atoms with Gasteiger partial charge in [0.15, 0.2) is 33.7 Å². The number of nitrogen functional groups attached to an aromatic ring is 1. The van der Waals surface area contributed by atoms with Crippen molar-refractivity contribution in [2.75, 3.05) is 11.5 Å². The Morgan fingerprint density at radius 2 is 1.96 bits per heavy atom. The molecule has 0 radical (unpaired) electrons. The molecule has 3 aromatic rings. The fourth-order valence-corrected chi connectivity index (χ4v) is 8.95. The first kappa shape index (κ1) is 32.1. The summed E-state index contributed by atoms with van der Waals surface area (Å²) in [5.74, 6) is -7.21. The molecule has 0 bridgehead atoms.